The van der Waals surface area contributed by atoms with Gasteiger partial charge in [0, 0.05) is 0 Å². The minimum atomic E-state index is -2.73. The van der Waals surface area contributed by atoms with E-state index in [1.165, 1.54) is 122 Å². The van der Waals surface area contributed by atoms with Crippen LogP contribution in [0.4, 0.5) is 0 Å². The van der Waals surface area contributed by atoms with Crippen LogP contribution >= 0.6 is 0 Å². The third-order valence-electron chi connectivity index (χ3n) is 11.6. The lowest BCUT2D eigenvalue weighted by atomic mass is 9.89. The highest BCUT2D eigenvalue weighted by Crippen LogP contribution is 2.39. The molecule has 6 rings (SSSR count). The van der Waals surface area contributed by atoms with Crippen LogP contribution in [0.2, 0.25) is 26.2 Å². The molecule has 6 aromatic rings. The second-order valence-corrected chi connectivity index (χ2v) is 25.5. The first-order valence-corrected chi connectivity index (χ1v) is 25.8. The molecule has 0 N–H and O–H groups in total. The first kappa shape index (κ1) is 40.4. The van der Waals surface area contributed by atoms with E-state index < -0.39 is 16.6 Å². The van der Waals surface area contributed by atoms with Crippen molar-refractivity contribution in [3.63, 3.8) is 0 Å². The summed E-state index contributed by atoms with van der Waals surface area (Å²) in [6, 6.07) is 32.8. The van der Waals surface area contributed by atoms with E-state index in [2.05, 4.69) is 194 Å². The Bertz CT molecular complexity index is 2060. The van der Waals surface area contributed by atoms with Crippen LogP contribution in [0.3, 0.4) is 0 Å². The molecule has 6 aromatic carbocycles. The van der Waals surface area contributed by atoms with E-state index in [-0.39, 0.29) is 0 Å². The smallest absolute Gasteiger partial charge is 0.207 e. The summed E-state index contributed by atoms with van der Waals surface area (Å²) in [5, 5.41) is 2.79. The topological polar surface area (TPSA) is 9.23 Å². The van der Waals surface area contributed by atoms with Crippen molar-refractivity contribution in [1.29, 1.82) is 0 Å². The van der Waals surface area contributed by atoms with Gasteiger partial charge in [-0.05, 0) is 209 Å². The quantitative estimate of drug-likeness (QED) is 0.140. The third kappa shape index (κ3) is 7.64. The van der Waals surface area contributed by atoms with Gasteiger partial charge in [0.1, 0.15) is 0 Å². The van der Waals surface area contributed by atoms with Crippen LogP contribution in [0.1, 0.15) is 66.8 Å². The molecule has 55 heavy (non-hydrogen) atoms. The van der Waals surface area contributed by atoms with Crippen molar-refractivity contribution in [1.82, 2.24) is 0 Å². The maximum Gasteiger partial charge on any atom is 0.207 e. The van der Waals surface area contributed by atoms with Crippen LogP contribution in [0.5, 0.6) is 0 Å². The van der Waals surface area contributed by atoms with Gasteiger partial charge in [0.25, 0.3) is 0 Å². The first-order chi connectivity index (χ1) is 25.7. The van der Waals surface area contributed by atoms with Gasteiger partial charge < -0.3 is 4.12 Å². The van der Waals surface area contributed by atoms with Crippen molar-refractivity contribution >= 4 is 27.0 Å². The lowest BCUT2D eigenvalue weighted by Crippen LogP contribution is -2.59. The van der Waals surface area contributed by atoms with Crippen LogP contribution in [-0.2, 0) is 4.12 Å². The van der Waals surface area contributed by atoms with Crippen LogP contribution in [0, 0.1) is 83.1 Å². The van der Waals surface area contributed by atoms with Crippen LogP contribution < -0.4 is 10.4 Å². The zero-order chi connectivity index (χ0) is 40.3. The van der Waals surface area contributed by atoms with Gasteiger partial charge in [-0.15, -0.1) is 0 Å². The van der Waals surface area contributed by atoms with Crippen molar-refractivity contribution in [2.75, 3.05) is 0 Å². The maximum absolute atomic E-state index is 8.14. The number of hydrogen-bond donors (Lipinski definition) is 0. The fourth-order valence-electron chi connectivity index (χ4n) is 10.4. The molecule has 0 bridgehead atoms. The molecule has 0 saturated carbocycles. The second kappa shape index (κ2) is 15.0. The summed E-state index contributed by atoms with van der Waals surface area (Å²) >= 11 is 0. The van der Waals surface area contributed by atoms with Crippen molar-refractivity contribution in [3.05, 3.63) is 152 Å². The number of hydrogen-bond acceptors (Lipinski definition) is 1. The highest BCUT2D eigenvalue weighted by Gasteiger charge is 2.42. The van der Waals surface area contributed by atoms with Crippen LogP contribution in [-0.4, -0.2) is 16.6 Å². The first-order valence-electron chi connectivity index (χ1n) is 20.0. The number of rotatable bonds is 8. The molecule has 0 aliphatic heterocycles. The van der Waals surface area contributed by atoms with Crippen molar-refractivity contribution in [3.8, 4) is 44.5 Å². The Morgan fingerprint density at radius 3 is 0.673 bits per heavy atom. The SMILES string of the molecule is Cc1cc(C)c(-c2cccc(-c3c(C)cc(C)cc3C)c2[Si](C)(C)O[Si](C)(C)c2c(-c3c(C)cc(C)cc3C)cccc2-c2c(C)cc(C)cc2C)c(C)c1. The number of aryl methyl sites for hydroxylation is 12. The van der Waals surface area contributed by atoms with Crippen LogP contribution in [0.15, 0.2) is 84.9 Å². The molecule has 0 spiro atoms. The zero-order valence-corrected chi connectivity index (χ0v) is 38.5. The molecule has 0 aromatic heterocycles. The fourth-order valence-corrected chi connectivity index (χ4v) is 19.7. The molecule has 3 heteroatoms. The standard InChI is InChI=1S/C52H62OSi2/c1-31-23-35(5)47(36(6)24-31)43-19-17-20-44(48-37(7)25-32(2)26-38(48)8)51(43)54(13,14)53-55(15,16)52-45(49-39(9)27-33(3)28-40(49)10)21-18-22-46(52)50-41(11)29-34(4)30-42(50)12/h17-30H,1-16H3. The van der Waals surface area contributed by atoms with Gasteiger partial charge in [-0.25, -0.2) is 0 Å². The molecule has 0 unspecified atom stereocenters. The normalized spacial score (nSPS) is 12.1. The molecule has 0 heterocycles. The zero-order valence-electron chi connectivity index (χ0n) is 36.5. The third-order valence-corrected chi connectivity index (χ3v) is 19.2. The lowest BCUT2D eigenvalue weighted by Gasteiger charge is -2.39. The molecule has 0 aliphatic carbocycles. The van der Waals surface area contributed by atoms with E-state index in [4.69, 9.17) is 4.12 Å². The van der Waals surface area contributed by atoms with E-state index in [0.717, 1.165) is 0 Å². The summed E-state index contributed by atoms with van der Waals surface area (Å²) in [6.07, 6.45) is 0. The average Bonchev–Trinajstić information content (AvgIpc) is 3.02. The summed E-state index contributed by atoms with van der Waals surface area (Å²) in [5.41, 5.74) is 26.4. The lowest BCUT2D eigenvalue weighted by molar-refractivity contribution is 0.574. The predicted octanol–water partition coefficient (Wildman–Crippen LogP) is 13.6. The molecular weight excluding hydrogens is 697 g/mol. The molecule has 1 nitrogen and oxygen atoms in total. The Hall–Kier alpha value is -4.29. The minimum Gasteiger partial charge on any atom is -0.449 e. The summed E-state index contributed by atoms with van der Waals surface area (Å²) in [7, 11) is -5.46. The summed E-state index contributed by atoms with van der Waals surface area (Å²) < 4.78 is 8.14. The van der Waals surface area contributed by atoms with Gasteiger partial charge in [0.2, 0.25) is 16.6 Å². The van der Waals surface area contributed by atoms with Crippen molar-refractivity contribution in [2.45, 2.75) is 109 Å². The Labute approximate surface area is 335 Å². The Balaban J connectivity index is 1.68. The molecule has 0 fully saturated rings. The van der Waals surface area contributed by atoms with Gasteiger partial charge >= 0.3 is 0 Å². The Morgan fingerprint density at radius 1 is 0.309 bits per heavy atom. The minimum absolute atomic E-state index is 1.30. The van der Waals surface area contributed by atoms with Crippen molar-refractivity contribution in [2.24, 2.45) is 0 Å². The molecule has 284 valence electrons. The van der Waals surface area contributed by atoms with Gasteiger partial charge in [-0.1, -0.05) is 107 Å². The summed E-state index contributed by atoms with van der Waals surface area (Å²) in [4.78, 5) is 0. The summed E-state index contributed by atoms with van der Waals surface area (Å²) in [6.45, 7) is 37.0. The fraction of sp³-hybridized carbons (Fsp3) is 0.308. The van der Waals surface area contributed by atoms with E-state index in [9.17, 15) is 0 Å². The molecular formula is C52H62OSi2. The average molecular weight is 759 g/mol. The van der Waals surface area contributed by atoms with E-state index in [1.807, 2.05) is 0 Å². The van der Waals surface area contributed by atoms with E-state index in [0.29, 0.717) is 0 Å². The van der Waals surface area contributed by atoms with Gasteiger partial charge in [0.15, 0.2) is 0 Å². The largest absolute Gasteiger partial charge is 0.449 e. The maximum atomic E-state index is 8.14. The number of benzene rings is 6. The van der Waals surface area contributed by atoms with Gasteiger partial charge in [-0.3, -0.25) is 0 Å². The predicted molar refractivity (Wildman–Crippen MR) is 247 cm³/mol. The highest BCUT2D eigenvalue weighted by molar-refractivity contribution is 6.98. The van der Waals surface area contributed by atoms with Crippen LogP contribution in [0.25, 0.3) is 44.5 Å². The molecule has 0 amide bonds. The molecule has 0 aliphatic rings. The van der Waals surface area contributed by atoms with Gasteiger partial charge in [-0.2, -0.15) is 0 Å². The Morgan fingerprint density at radius 2 is 0.491 bits per heavy atom. The monoisotopic (exact) mass is 758 g/mol. The second-order valence-electron chi connectivity index (χ2n) is 17.7. The van der Waals surface area contributed by atoms with Crippen molar-refractivity contribution < 1.29 is 4.12 Å². The van der Waals surface area contributed by atoms with E-state index in [1.54, 1.807) is 0 Å². The van der Waals surface area contributed by atoms with E-state index >= 15 is 0 Å². The molecule has 0 atom stereocenters. The van der Waals surface area contributed by atoms with Gasteiger partial charge in [0.05, 0.1) is 0 Å². The Kier molecular flexibility index (Phi) is 11.0. The molecule has 0 radical (unpaired) electrons. The highest BCUT2D eigenvalue weighted by atomic mass is 28.4. The summed E-state index contributed by atoms with van der Waals surface area (Å²) in [5.74, 6) is 0. The molecule has 0 saturated heterocycles.